The molecule has 0 saturated heterocycles. The standard InChI is InChI=1S/C11H16BrNS/c1-3-6-14-9-4-5-10(8(2)13)11(12)7-9/h4-5,7-8H,3,6,13H2,1-2H3/t8-/m1/s1. The van der Waals surface area contributed by atoms with Crippen molar-refractivity contribution in [1.82, 2.24) is 0 Å². The van der Waals surface area contributed by atoms with Gasteiger partial charge < -0.3 is 5.73 Å². The molecule has 1 aromatic rings. The topological polar surface area (TPSA) is 26.0 Å². The maximum atomic E-state index is 5.83. The lowest BCUT2D eigenvalue weighted by Crippen LogP contribution is -2.05. The van der Waals surface area contributed by atoms with Crippen LogP contribution in [0, 0.1) is 0 Å². The summed E-state index contributed by atoms with van der Waals surface area (Å²) in [4.78, 5) is 1.31. The third kappa shape index (κ3) is 3.30. The number of halogens is 1. The predicted molar refractivity (Wildman–Crippen MR) is 67.8 cm³/mol. The Kier molecular flexibility index (Phi) is 4.99. The van der Waals surface area contributed by atoms with Crippen LogP contribution in [0.2, 0.25) is 0 Å². The van der Waals surface area contributed by atoms with Gasteiger partial charge in [-0.3, -0.25) is 0 Å². The molecule has 0 aliphatic heterocycles. The Morgan fingerprint density at radius 2 is 2.21 bits per heavy atom. The summed E-state index contributed by atoms with van der Waals surface area (Å²) in [7, 11) is 0. The molecule has 1 atom stereocenters. The molecule has 0 amide bonds. The van der Waals surface area contributed by atoms with Crippen molar-refractivity contribution in [3.63, 3.8) is 0 Å². The van der Waals surface area contributed by atoms with E-state index in [-0.39, 0.29) is 6.04 Å². The van der Waals surface area contributed by atoms with E-state index >= 15 is 0 Å². The molecular weight excluding hydrogens is 258 g/mol. The van der Waals surface area contributed by atoms with Gasteiger partial charge in [-0.05, 0) is 36.8 Å². The van der Waals surface area contributed by atoms with Gasteiger partial charge in [-0.1, -0.05) is 28.9 Å². The van der Waals surface area contributed by atoms with Gasteiger partial charge in [0.2, 0.25) is 0 Å². The molecule has 3 heteroatoms. The summed E-state index contributed by atoms with van der Waals surface area (Å²) in [6, 6.07) is 6.49. The van der Waals surface area contributed by atoms with E-state index in [0.717, 1.165) is 4.47 Å². The van der Waals surface area contributed by atoms with Gasteiger partial charge in [0.15, 0.2) is 0 Å². The zero-order chi connectivity index (χ0) is 10.6. The highest BCUT2D eigenvalue weighted by Gasteiger charge is 2.05. The van der Waals surface area contributed by atoms with Crippen LogP contribution in [-0.2, 0) is 0 Å². The van der Waals surface area contributed by atoms with E-state index in [2.05, 4.69) is 41.1 Å². The Morgan fingerprint density at radius 1 is 1.50 bits per heavy atom. The maximum Gasteiger partial charge on any atom is 0.0277 e. The van der Waals surface area contributed by atoms with Crippen molar-refractivity contribution in [2.24, 2.45) is 5.73 Å². The van der Waals surface area contributed by atoms with Crippen LogP contribution in [0.15, 0.2) is 27.6 Å². The van der Waals surface area contributed by atoms with E-state index in [1.165, 1.54) is 22.6 Å². The molecule has 2 N–H and O–H groups in total. The average Bonchev–Trinajstić information content (AvgIpc) is 2.14. The highest BCUT2D eigenvalue weighted by Crippen LogP contribution is 2.28. The molecule has 0 saturated carbocycles. The Balaban J connectivity index is 2.78. The quantitative estimate of drug-likeness (QED) is 0.841. The van der Waals surface area contributed by atoms with E-state index in [0.29, 0.717) is 0 Å². The van der Waals surface area contributed by atoms with E-state index in [4.69, 9.17) is 5.73 Å². The van der Waals surface area contributed by atoms with Gasteiger partial charge in [0.05, 0.1) is 0 Å². The van der Waals surface area contributed by atoms with Crippen LogP contribution >= 0.6 is 27.7 Å². The zero-order valence-corrected chi connectivity index (χ0v) is 11.0. The molecule has 1 aromatic carbocycles. The molecule has 78 valence electrons. The highest BCUT2D eigenvalue weighted by atomic mass is 79.9. The van der Waals surface area contributed by atoms with Crippen molar-refractivity contribution in [2.75, 3.05) is 5.75 Å². The lowest BCUT2D eigenvalue weighted by atomic mass is 10.1. The number of nitrogens with two attached hydrogens (primary N) is 1. The molecule has 1 rings (SSSR count). The normalized spacial score (nSPS) is 12.9. The molecule has 1 nitrogen and oxygen atoms in total. The molecule has 0 spiro atoms. The Hall–Kier alpha value is 0.01000. The summed E-state index contributed by atoms with van der Waals surface area (Å²) in [6.45, 7) is 4.19. The smallest absolute Gasteiger partial charge is 0.0277 e. The van der Waals surface area contributed by atoms with Gasteiger partial charge in [0.25, 0.3) is 0 Å². The van der Waals surface area contributed by atoms with Crippen LogP contribution < -0.4 is 5.73 Å². The minimum Gasteiger partial charge on any atom is -0.324 e. The zero-order valence-electron chi connectivity index (χ0n) is 8.59. The van der Waals surface area contributed by atoms with Gasteiger partial charge in [0, 0.05) is 15.4 Å². The van der Waals surface area contributed by atoms with Gasteiger partial charge >= 0.3 is 0 Å². The molecule has 0 heterocycles. The largest absolute Gasteiger partial charge is 0.324 e. The molecule has 0 aliphatic carbocycles. The van der Waals surface area contributed by atoms with Crippen molar-refractivity contribution in [2.45, 2.75) is 31.2 Å². The first-order valence-electron chi connectivity index (χ1n) is 4.83. The Morgan fingerprint density at radius 3 is 2.71 bits per heavy atom. The summed E-state index contributed by atoms with van der Waals surface area (Å²) >= 11 is 5.43. The van der Waals surface area contributed by atoms with Crippen molar-refractivity contribution in [3.8, 4) is 0 Å². The van der Waals surface area contributed by atoms with Crippen LogP contribution in [0.3, 0.4) is 0 Å². The lowest BCUT2D eigenvalue weighted by Gasteiger charge is -2.09. The molecule has 14 heavy (non-hydrogen) atoms. The minimum absolute atomic E-state index is 0.0922. The summed E-state index contributed by atoms with van der Waals surface area (Å²) in [6.07, 6.45) is 1.21. The summed E-state index contributed by atoms with van der Waals surface area (Å²) in [5.41, 5.74) is 7.00. The summed E-state index contributed by atoms with van der Waals surface area (Å²) < 4.78 is 1.12. The average molecular weight is 274 g/mol. The monoisotopic (exact) mass is 273 g/mol. The molecule has 0 bridgehead atoms. The number of benzene rings is 1. The fourth-order valence-corrected chi connectivity index (χ4v) is 2.88. The molecular formula is C11H16BrNS. The minimum atomic E-state index is 0.0922. The fourth-order valence-electron chi connectivity index (χ4n) is 1.19. The van der Waals surface area contributed by atoms with Crippen LogP contribution in [-0.4, -0.2) is 5.75 Å². The van der Waals surface area contributed by atoms with Crippen LogP contribution in [0.25, 0.3) is 0 Å². The van der Waals surface area contributed by atoms with E-state index in [1.54, 1.807) is 0 Å². The van der Waals surface area contributed by atoms with Crippen molar-refractivity contribution in [3.05, 3.63) is 28.2 Å². The second-order valence-corrected chi connectivity index (χ2v) is 5.34. The van der Waals surface area contributed by atoms with Crippen LogP contribution in [0.4, 0.5) is 0 Å². The van der Waals surface area contributed by atoms with Crippen LogP contribution in [0.1, 0.15) is 31.9 Å². The molecule has 0 unspecified atom stereocenters. The van der Waals surface area contributed by atoms with E-state index in [9.17, 15) is 0 Å². The van der Waals surface area contributed by atoms with E-state index in [1.807, 2.05) is 18.7 Å². The number of rotatable bonds is 4. The number of hydrogen-bond donors (Lipinski definition) is 1. The van der Waals surface area contributed by atoms with Crippen molar-refractivity contribution >= 4 is 27.7 Å². The summed E-state index contributed by atoms with van der Waals surface area (Å²) in [5.74, 6) is 1.17. The third-order valence-electron chi connectivity index (χ3n) is 1.94. The first-order valence-corrected chi connectivity index (χ1v) is 6.60. The Bertz CT molecular complexity index is 299. The number of thioether (sulfide) groups is 1. The second-order valence-electron chi connectivity index (χ2n) is 3.32. The van der Waals surface area contributed by atoms with Gasteiger partial charge in [-0.25, -0.2) is 0 Å². The summed E-state index contributed by atoms with van der Waals surface area (Å²) in [5, 5.41) is 0. The first kappa shape index (κ1) is 12.1. The maximum absolute atomic E-state index is 5.83. The third-order valence-corrected chi connectivity index (χ3v) is 3.82. The van der Waals surface area contributed by atoms with Crippen molar-refractivity contribution in [1.29, 1.82) is 0 Å². The van der Waals surface area contributed by atoms with Gasteiger partial charge in [-0.2, -0.15) is 0 Å². The number of hydrogen-bond acceptors (Lipinski definition) is 2. The Labute approximate surface area is 98.6 Å². The first-order chi connectivity index (χ1) is 6.65. The molecule has 0 radical (unpaired) electrons. The highest BCUT2D eigenvalue weighted by molar-refractivity contribution is 9.10. The van der Waals surface area contributed by atoms with Gasteiger partial charge in [-0.15, -0.1) is 11.8 Å². The molecule has 0 aliphatic rings. The molecule has 0 fully saturated rings. The second kappa shape index (κ2) is 5.79. The fraction of sp³-hybridized carbons (Fsp3) is 0.455. The van der Waals surface area contributed by atoms with Gasteiger partial charge in [0.1, 0.15) is 0 Å². The lowest BCUT2D eigenvalue weighted by molar-refractivity contribution is 0.811. The SMILES string of the molecule is CCCSc1ccc([C@@H](C)N)c(Br)c1. The van der Waals surface area contributed by atoms with Crippen LogP contribution in [0.5, 0.6) is 0 Å². The molecule has 0 aromatic heterocycles. The van der Waals surface area contributed by atoms with E-state index < -0.39 is 0 Å². The predicted octanol–water partition coefficient (Wildman–Crippen LogP) is 3.97. The van der Waals surface area contributed by atoms with Crippen molar-refractivity contribution < 1.29 is 0 Å².